The third-order valence-corrected chi connectivity index (χ3v) is 4.13. The maximum atomic E-state index is 12.0. The summed E-state index contributed by atoms with van der Waals surface area (Å²) in [6, 6.07) is 13.4. The molecule has 0 radical (unpaired) electrons. The number of benzene rings is 2. The Kier molecular flexibility index (Phi) is 4.47. The molecule has 1 N–H and O–H groups in total. The Morgan fingerprint density at radius 3 is 2.71 bits per heavy atom. The fourth-order valence-corrected chi connectivity index (χ4v) is 2.69. The summed E-state index contributed by atoms with van der Waals surface area (Å²) >= 11 is 0. The molecule has 2 aromatic rings. The lowest BCUT2D eigenvalue weighted by Gasteiger charge is -2.32. The van der Waals surface area contributed by atoms with Crippen molar-refractivity contribution in [3.8, 4) is 11.5 Å². The number of amides is 1. The van der Waals surface area contributed by atoms with Crippen molar-refractivity contribution in [1.82, 2.24) is 0 Å². The highest BCUT2D eigenvalue weighted by atomic mass is 16.5. The summed E-state index contributed by atoms with van der Waals surface area (Å²) in [7, 11) is 0. The van der Waals surface area contributed by atoms with Gasteiger partial charge in [-0.1, -0.05) is 23.8 Å². The van der Waals surface area contributed by atoms with Crippen LogP contribution in [0.1, 0.15) is 31.4 Å². The highest BCUT2D eigenvalue weighted by molar-refractivity contribution is 5.91. The molecule has 0 saturated carbocycles. The first-order valence-electron chi connectivity index (χ1n) is 8.23. The van der Waals surface area contributed by atoms with Crippen LogP contribution in [0.2, 0.25) is 0 Å². The molecule has 4 nitrogen and oxygen atoms in total. The minimum Gasteiger partial charge on any atom is -0.487 e. The van der Waals surface area contributed by atoms with E-state index in [1.54, 1.807) is 0 Å². The first-order valence-corrected chi connectivity index (χ1v) is 8.23. The third kappa shape index (κ3) is 4.07. The number of fused-ring (bicyclic) bond motifs is 1. The SMILES string of the molecule is Cc1ccc(NC(=O)COc2ccc3c(c2)OC(C)(C)CC3)cc1. The predicted octanol–water partition coefficient (Wildman–Crippen LogP) is 4.12. The maximum absolute atomic E-state index is 12.0. The molecule has 126 valence electrons. The molecule has 0 atom stereocenters. The number of rotatable bonds is 4. The second kappa shape index (κ2) is 6.56. The van der Waals surface area contributed by atoms with Gasteiger partial charge in [0.1, 0.15) is 17.1 Å². The molecule has 1 heterocycles. The number of hydrogen-bond acceptors (Lipinski definition) is 3. The van der Waals surface area contributed by atoms with Crippen LogP contribution >= 0.6 is 0 Å². The highest BCUT2D eigenvalue weighted by Gasteiger charge is 2.26. The fourth-order valence-electron chi connectivity index (χ4n) is 2.69. The summed E-state index contributed by atoms with van der Waals surface area (Å²) in [5.41, 5.74) is 2.95. The fraction of sp³-hybridized carbons (Fsp3) is 0.350. The Balaban J connectivity index is 1.58. The van der Waals surface area contributed by atoms with E-state index in [1.807, 2.05) is 49.4 Å². The van der Waals surface area contributed by atoms with Crippen LogP contribution in [0.3, 0.4) is 0 Å². The van der Waals surface area contributed by atoms with Crippen LogP contribution in [0, 0.1) is 6.92 Å². The second-order valence-corrected chi connectivity index (χ2v) is 6.83. The Morgan fingerprint density at radius 1 is 1.21 bits per heavy atom. The average molecular weight is 325 g/mol. The predicted molar refractivity (Wildman–Crippen MR) is 94.8 cm³/mol. The number of ether oxygens (including phenoxy) is 2. The largest absolute Gasteiger partial charge is 0.487 e. The summed E-state index contributed by atoms with van der Waals surface area (Å²) in [4.78, 5) is 12.0. The lowest BCUT2D eigenvalue weighted by atomic mass is 9.94. The van der Waals surface area contributed by atoms with Crippen LogP contribution in [-0.2, 0) is 11.2 Å². The smallest absolute Gasteiger partial charge is 0.262 e. The first-order chi connectivity index (χ1) is 11.4. The van der Waals surface area contributed by atoms with E-state index in [2.05, 4.69) is 19.2 Å². The first kappa shape index (κ1) is 16.4. The lowest BCUT2D eigenvalue weighted by Crippen LogP contribution is -2.32. The van der Waals surface area contributed by atoms with Gasteiger partial charge in [0.25, 0.3) is 5.91 Å². The molecule has 1 aliphatic rings. The van der Waals surface area contributed by atoms with Gasteiger partial charge in [-0.2, -0.15) is 0 Å². The third-order valence-electron chi connectivity index (χ3n) is 4.13. The number of hydrogen-bond donors (Lipinski definition) is 1. The quantitative estimate of drug-likeness (QED) is 0.920. The Hall–Kier alpha value is -2.49. The minimum absolute atomic E-state index is 0.0317. The lowest BCUT2D eigenvalue weighted by molar-refractivity contribution is -0.118. The average Bonchev–Trinajstić information content (AvgIpc) is 2.54. The van der Waals surface area contributed by atoms with Crippen LogP contribution in [-0.4, -0.2) is 18.1 Å². The van der Waals surface area contributed by atoms with Gasteiger partial charge in [0.05, 0.1) is 0 Å². The topological polar surface area (TPSA) is 47.6 Å². The number of carbonyl (C=O) groups excluding carboxylic acids is 1. The molecule has 0 aliphatic carbocycles. The molecule has 1 aliphatic heterocycles. The summed E-state index contributed by atoms with van der Waals surface area (Å²) in [6.45, 7) is 6.14. The molecular weight excluding hydrogens is 302 g/mol. The van der Waals surface area contributed by atoms with Crippen LogP contribution in [0.25, 0.3) is 0 Å². The number of aryl methyl sites for hydroxylation is 2. The molecule has 4 heteroatoms. The van der Waals surface area contributed by atoms with E-state index in [-0.39, 0.29) is 18.1 Å². The number of carbonyl (C=O) groups is 1. The zero-order valence-corrected chi connectivity index (χ0v) is 14.4. The van der Waals surface area contributed by atoms with Crippen molar-refractivity contribution in [2.75, 3.05) is 11.9 Å². The van der Waals surface area contributed by atoms with Crippen LogP contribution in [0.15, 0.2) is 42.5 Å². The second-order valence-electron chi connectivity index (χ2n) is 6.83. The molecule has 2 aromatic carbocycles. The summed E-state index contributed by atoms with van der Waals surface area (Å²) in [6.07, 6.45) is 2.00. The summed E-state index contributed by atoms with van der Waals surface area (Å²) < 4.78 is 11.6. The van der Waals surface area contributed by atoms with Gasteiger partial charge in [-0.05, 0) is 57.4 Å². The van der Waals surface area contributed by atoms with E-state index in [9.17, 15) is 4.79 Å². The maximum Gasteiger partial charge on any atom is 0.262 e. The standard InChI is InChI=1S/C20H23NO3/c1-14-4-7-16(8-5-14)21-19(22)13-23-17-9-6-15-10-11-20(2,3)24-18(15)12-17/h4-9,12H,10-11,13H2,1-3H3,(H,21,22). The van der Waals surface area contributed by atoms with Gasteiger partial charge < -0.3 is 14.8 Å². The van der Waals surface area contributed by atoms with Crippen molar-refractivity contribution in [3.05, 3.63) is 53.6 Å². The molecule has 1 amide bonds. The van der Waals surface area contributed by atoms with Gasteiger partial charge >= 0.3 is 0 Å². The Labute approximate surface area is 142 Å². The molecule has 0 unspecified atom stereocenters. The number of nitrogens with one attached hydrogen (secondary N) is 1. The van der Waals surface area contributed by atoms with Gasteiger partial charge in [0.15, 0.2) is 6.61 Å². The van der Waals surface area contributed by atoms with Gasteiger partial charge in [-0.3, -0.25) is 4.79 Å². The van der Waals surface area contributed by atoms with Crippen molar-refractivity contribution in [2.45, 2.75) is 39.2 Å². The monoisotopic (exact) mass is 325 g/mol. The van der Waals surface area contributed by atoms with E-state index in [1.165, 1.54) is 5.56 Å². The molecule has 0 spiro atoms. The van der Waals surface area contributed by atoms with Crippen molar-refractivity contribution < 1.29 is 14.3 Å². The van der Waals surface area contributed by atoms with Gasteiger partial charge in [-0.25, -0.2) is 0 Å². The summed E-state index contributed by atoms with van der Waals surface area (Å²) in [5, 5.41) is 2.82. The van der Waals surface area contributed by atoms with E-state index < -0.39 is 0 Å². The Morgan fingerprint density at radius 2 is 1.96 bits per heavy atom. The van der Waals surface area contributed by atoms with E-state index in [0.717, 1.165) is 29.8 Å². The molecular formula is C20H23NO3. The molecule has 0 bridgehead atoms. The van der Waals surface area contributed by atoms with Crippen LogP contribution < -0.4 is 14.8 Å². The van der Waals surface area contributed by atoms with Crippen LogP contribution in [0.5, 0.6) is 11.5 Å². The van der Waals surface area contributed by atoms with E-state index >= 15 is 0 Å². The van der Waals surface area contributed by atoms with Crippen molar-refractivity contribution in [1.29, 1.82) is 0 Å². The van der Waals surface area contributed by atoms with Crippen molar-refractivity contribution >= 4 is 11.6 Å². The number of anilines is 1. The van der Waals surface area contributed by atoms with Gasteiger partial charge in [-0.15, -0.1) is 0 Å². The zero-order chi connectivity index (χ0) is 17.2. The normalized spacial score (nSPS) is 15.1. The molecule has 3 rings (SSSR count). The molecule has 0 saturated heterocycles. The summed E-state index contributed by atoms with van der Waals surface area (Å²) in [5.74, 6) is 1.31. The zero-order valence-electron chi connectivity index (χ0n) is 14.4. The van der Waals surface area contributed by atoms with E-state index in [4.69, 9.17) is 9.47 Å². The van der Waals surface area contributed by atoms with Crippen LogP contribution in [0.4, 0.5) is 5.69 Å². The minimum atomic E-state index is -0.183. The molecule has 0 fully saturated rings. The highest BCUT2D eigenvalue weighted by Crippen LogP contribution is 2.35. The van der Waals surface area contributed by atoms with Gasteiger partial charge in [0.2, 0.25) is 0 Å². The van der Waals surface area contributed by atoms with Crippen molar-refractivity contribution in [2.24, 2.45) is 0 Å². The van der Waals surface area contributed by atoms with E-state index in [0.29, 0.717) is 5.75 Å². The molecule has 24 heavy (non-hydrogen) atoms. The van der Waals surface area contributed by atoms with Crippen molar-refractivity contribution in [3.63, 3.8) is 0 Å². The van der Waals surface area contributed by atoms with Gasteiger partial charge in [0, 0.05) is 11.8 Å². The molecule has 0 aromatic heterocycles. The Bertz CT molecular complexity index is 735.